The Morgan fingerprint density at radius 2 is 2.31 bits per heavy atom. The molecule has 0 aromatic heterocycles. The maximum absolute atomic E-state index is 5.72. The lowest BCUT2D eigenvalue weighted by molar-refractivity contribution is 0.216. The van der Waals surface area contributed by atoms with E-state index < -0.39 is 0 Å². The number of benzene rings is 1. The van der Waals surface area contributed by atoms with Gasteiger partial charge in [-0.3, -0.25) is 0 Å². The number of aliphatic imine (C=N–C) groups is 1. The smallest absolute Gasteiger partial charge is 0.220 e. The van der Waals surface area contributed by atoms with E-state index in [0.29, 0.717) is 19.0 Å². The minimum Gasteiger partial charge on any atom is -0.496 e. The largest absolute Gasteiger partial charge is 0.496 e. The van der Waals surface area contributed by atoms with Crippen molar-refractivity contribution < 1.29 is 9.47 Å². The highest BCUT2D eigenvalue weighted by atomic mass is 16.5. The van der Waals surface area contributed by atoms with Gasteiger partial charge in [0.15, 0.2) is 0 Å². The number of hydrogen-bond acceptors (Lipinski definition) is 4. The summed E-state index contributed by atoms with van der Waals surface area (Å²) in [5.74, 6) is 1.45. The Balaban J connectivity index is 2.14. The van der Waals surface area contributed by atoms with E-state index in [9.17, 15) is 0 Å². The third-order valence-corrected chi connectivity index (χ3v) is 2.54. The fraction of sp³-hybridized carbons (Fsp3) is 0.417. The Kier molecular flexibility index (Phi) is 3.41. The molecule has 0 spiro atoms. The summed E-state index contributed by atoms with van der Waals surface area (Å²) >= 11 is 0. The number of methoxy groups -OCH3 is 1. The molecule has 0 amide bonds. The van der Waals surface area contributed by atoms with Crippen LogP contribution >= 0.6 is 0 Å². The fourth-order valence-electron chi connectivity index (χ4n) is 1.72. The van der Waals surface area contributed by atoms with Gasteiger partial charge >= 0.3 is 0 Å². The van der Waals surface area contributed by atoms with E-state index in [4.69, 9.17) is 15.2 Å². The summed E-state index contributed by atoms with van der Waals surface area (Å²) in [5, 5.41) is 0. The average molecular weight is 220 g/mol. The summed E-state index contributed by atoms with van der Waals surface area (Å²) in [5.41, 5.74) is 6.40. The normalized spacial score (nSPS) is 19.1. The second-order valence-electron chi connectivity index (χ2n) is 3.66. The Labute approximate surface area is 95.1 Å². The minimum absolute atomic E-state index is 0.116. The topological polar surface area (TPSA) is 56.8 Å². The summed E-state index contributed by atoms with van der Waals surface area (Å²) in [6.45, 7) is 1.31. The molecule has 1 aliphatic rings. The third kappa shape index (κ3) is 2.17. The lowest BCUT2D eigenvalue weighted by Crippen LogP contribution is -2.18. The average Bonchev–Trinajstić information content (AvgIpc) is 2.78. The molecule has 2 N–H and O–H groups in total. The van der Waals surface area contributed by atoms with Crippen molar-refractivity contribution in [2.45, 2.75) is 12.5 Å². The quantitative estimate of drug-likeness (QED) is 0.829. The lowest BCUT2D eigenvalue weighted by Gasteiger charge is -2.11. The maximum Gasteiger partial charge on any atom is 0.220 e. The van der Waals surface area contributed by atoms with E-state index in [1.54, 1.807) is 7.11 Å². The predicted octanol–water partition coefficient (Wildman–Crippen LogP) is 1.19. The Morgan fingerprint density at radius 1 is 1.50 bits per heavy atom. The highest BCUT2D eigenvalue weighted by Gasteiger charge is 2.22. The third-order valence-electron chi connectivity index (χ3n) is 2.54. The number of nitrogens with two attached hydrogens (primary N) is 1. The van der Waals surface area contributed by atoms with Gasteiger partial charge in [0.05, 0.1) is 19.2 Å². The van der Waals surface area contributed by atoms with E-state index in [-0.39, 0.29) is 6.10 Å². The van der Waals surface area contributed by atoms with Crippen LogP contribution in [0.25, 0.3) is 0 Å². The van der Waals surface area contributed by atoms with Crippen molar-refractivity contribution in [3.63, 3.8) is 0 Å². The van der Waals surface area contributed by atoms with Crippen molar-refractivity contribution in [2.75, 3.05) is 20.2 Å². The van der Waals surface area contributed by atoms with Crippen LogP contribution in [-0.4, -0.2) is 32.2 Å². The number of nitrogens with zero attached hydrogens (tertiary/aromatic N) is 1. The van der Waals surface area contributed by atoms with Gasteiger partial charge in [0.25, 0.3) is 0 Å². The molecule has 86 valence electrons. The zero-order valence-electron chi connectivity index (χ0n) is 9.35. The van der Waals surface area contributed by atoms with E-state index >= 15 is 0 Å². The molecule has 4 heteroatoms. The van der Waals surface area contributed by atoms with Crippen molar-refractivity contribution in [1.29, 1.82) is 0 Å². The monoisotopic (exact) mass is 220 g/mol. The summed E-state index contributed by atoms with van der Waals surface area (Å²) < 4.78 is 11.0. The number of rotatable bonds is 4. The molecule has 0 radical (unpaired) electrons. The molecular weight excluding hydrogens is 204 g/mol. The molecule has 1 aromatic carbocycles. The molecule has 0 aliphatic carbocycles. The molecule has 16 heavy (non-hydrogen) atoms. The number of ether oxygens (including phenoxy) is 2. The van der Waals surface area contributed by atoms with Crippen molar-refractivity contribution in [2.24, 2.45) is 10.7 Å². The van der Waals surface area contributed by atoms with Gasteiger partial charge in [0.1, 0.15) is 11.9 Å². The van der Waals surface area contributed by atoms with Crippen LogP contribution in [0.15, 0.2) is 29.3 Å². The Bertz CT molecular complexity index is 390. The van der Waals surface area contributed by atoms with Gasteiger partial charge in [0, 0.05) is 0 Å². The van der Waals surface area contributed by atoms with Gasteiger partial charge in [-0.1, -0.05) is 12.1 Å². The molecule has 1 aromatic rings. The van der Waals surface area contributed by atoms with Gasteiger partial charge in [-0.25, -0.2) is 4.99 Å². The molecule has 0 fully saturated rings. The van der Waals surface area contributed by atoms with E-state index in [1.165, 1.54) is 0 Å². The molecule has 0 bridgehead atoms. The zero-order valence-corrected chi connectivity index (χ0v) is 9.35. The Morgan fingerprint density at radius 3 is 3.06 bits per heavy atom. The molecular formula is C12H16N2O2. The first kappa shape index (κ1) is 11.0. The lowest BCUT2D eigenvalue weighted by atomic mass is 10.2. The van der Waals surface area contributed by atoms with Gasteiger partial charge in [0.2, 0.25) is 5.90 Å². The predicted molar refractivity (Wildman–Crippen MR) is 62.9 cm³/mol. The van der Waals surface area contributed by atoms with Crippen LogP contribution in [0.5, 0.6) is 5.75 Å². The van der Waals surface area contributed by atoms with Crippen molar-refractivity contribution in [3.8, 4) is 5.75 Å². The van der Waals surface area contributed by atoms with Crippen LogP contribution in [0.4, 0.5) is 0 Å². The number of para-hydroxylation sites is 1. The standard InChI is InChI=1S/C12H16N2O2/c1-15-11-5-3-2-4-10(11)12-14-8-9(16-12)6-7-13/h2-5,9H,6-8,13H2,1H3. The van der Waals surface area contributed by atoms with Crippen LogP contribution < -0.4 is 10.5 Å². The Hall–Kier alpha value is -1.55. The van der Waals surface area contributed by atoms with Gasteiger partial charge in [-0.05, 0) is 25.1 Å². The highest BCUT2D eigenvalue weighted by molar-refractivity contribution is 5.97. The molecule has 1 heterocycles. The van der Waals surface area contributed by atoms with Crippen LogP contribution in [0, 0.1) is 0 Å². The summed E-state index contributed by atoms with van der Waals surface area (Å²) in [7, 11) is 1.64. The van der Waals surface area contributed by atoms with Crippen molar-refractivity contribution >= 4 is 5.90 Å². The first-order chi connectivity index (χ1) is 7.85. The van der Waals surface area contributed by atoms with Crippen LogP contribution in [-0.2, 0) is 4.74 Å². The van der Waals surface area contributed by atoms with Crippen LogP contribution in [0.2, 0.25) is 0 Å². The van der Waals surface area contributed by atoms with Gasteiger partial charge in [-0.15, -0.1) is 0 Å². The summed E-state index contributed by atoms with van der Waals surface area (Å²) in [6, 6.07) is 7.72. The molecule has 4 nitrogen and oxygen atoms in total. The second kappa shape index (κ2) is 4.99. The molecule has 2 rings (SSSR count). The van der Waals surface area contributed by atoms with Crippen LogP contribution in [0.1, 0.15) is 12.0 Å². The highest BCUT2D eigenvalue weighted by Crippen LogP contribution is 2.22. The second-order valence-corrected chi connectivity index (χ2v) is 3.66. The van der Waals surface area contributed by atoms with Gasteiger partial charge < -0.3 is 15.2 Å². The molecule has 0 saturated carbocycles. The maximum atomic E-state index is 5.72. The summed E-state index contributed by atoms with van der Waals surface area (Å²) in [4.78, 5) is 4.37. The van der Waals surface area contributed by atoms with E-state index in [2.05, 4.69) is 4.99 Å². The van der Waals surface area contributed by atoms with E-state index in [1.807, 2.05) is 24.3 Å². The zero-order chi connectivity index (χ0) is 11.4. The van der Waals surface area contributed by atoms with Crippen molar-refractivity contribution in [1.82, 2.24) is 0 Å². The SMILES string of the molecule is COc1ccccc1C1=NCC(CCN)O1. The minimum atomic E-state index is 0.116. The van der Waals surface area contributed by atoms with Crippen molar-refractivity contribution in [3.05, 3.63) is 29.8 Å². The summed E-state index contributed by atoms with van der Waals surface area (Å²) in [6.07, 6.45) is 0.951. The molecule has 1 aliphatic heterocycles. The first-order valence-electron chi connectivity index (χ1n) is 5.39. The first-order valence-corrected chi connectivity index (χ1v) is 5.39. The number of hydrogen-bond donors (Lipinski definition) is 1. The van der Waals surface area contributed by atoms with E-state index in [0.717, 1.165) is 17.7 Å². The fourth-order valence-corrected chi connectivity index (χ4v) is 1.72. The molecule has 0 saturated heterocycles. The van der Waals surface area contributed by atoms with Crippen LogP contribution in [0.3, 0.4) is 0 Å². The molecule has 1 atom stereocenters. The van der Waals surface area contributed by atoms with Gasteiger partial charge in [-0.2, -0.15) is 0 Å². The molecule has 1 unspecified atom stereocenters.